The number of aromatic nitrogens is 1. The third kappa shape index (κ3) is 3.65. The van der Waals surface area contributed by atoms with Crippen molar-refractivity contribution in [3.63, 3.8) is 0 Å². The van der Waals surface area contributed by atoms with Crippen LogP contribution in [0.15, 0.2) is 42.6 Å². The first kappa shape index (κ1) is 16.3. The van der Waals surface area contributed by atoms with E-state index < -0.39 is 5.97 Å². The van der Waals surface area contributed by atoms with Crippen LogP contribution in [0.25, 0.3) is 0 Å². The van der Waals surface area contributed by atoms with Gasteiger partial charge in [-0.05, 0) is 30.8 Å². The number of benzene rings is 1. The Hall–Kier alpha value is -2.60. The van der Waals surface area contributed by atoms with Gasteiger partial charge in [0.15, 0.2) is 11.5 Å². The summed E-state index contributed by atoms with van der Waals surface area (Å²) in [6, 6.07) is 10.8. The van der Waals surface area contributed by atoms with Crippen molar-refractivity contribution in [2.24, 2.45) is 0 Å². The van der Waals surface area contributed by atoms with Crippen molar-refractivity contribution in [3.05, 3.63) is 53.9 Å². The Kier molecular flexibility index (Phi) is 4.96. The second-order valence-electron chi connectivity index (χ2n) is 5.63. The molecule has 0 fully saturated rings. The fraction of sp³-hybridized carbons (Fsp3) is 0.333. The van der Waals surface area contributed by atoms with Crippen LogP contribution in [-0.4, -0.2) is 46.8 Å². The molecule has 6 nitrogen and oxygen atoms in total. The number of carboxylic acid groups (broad SMARTS) is 1. The van der Waals surface area contributed by atoms with Crippen molar-refractivity contribution >= 4 is 5.97 Å². The number of carbonyl (C=O) groups is 1. The van der Waals surface area contributed by atoms with E-state index in [1.165, 1.54) is 0 Å². The minimum absolute atomic E-state index is 0.100. The number of ether oxygens (including phenoxy) is 2. The van der Waals surface area contributed by atoms with Gasteiger partial charge in [-0.25, -0.2) is 4.79 Å². The Labute approximate surface area is 140 Å². The van der Waals surface area contributed by atoms with Gasteiger partial charge in [0.2, 0.25) is 0 Å². The molecule has 0 saturated heterocycles. The molecular weight excluding hydrogens is 308 g/mol. The predicted molar refractivity (Wildman–Crippen MR) is 88.5 cm³/mol. The molecule has 3 rings (SSSR count). The summed E-state index contributed by atoms with van der Waals surface area (Å²) in [5.41, 5.74) is 0.797. The number of carboxylic acids is 1. The number of hydrogen-bond donors (Lipinski definition) is 1. The highest BCUT2D eigenvalue weighted by molar-refractivity contribution is 5.88. The summed E-state index contributed by atoms with van der Waals surface area (Å²) >= 11 is 0. The van der Waals surface area contributed by atoms with E-state index in [1.807, 2.05) is 31.2 Å². The van der Waals surface area contributed by atoms with Gasteiger partial charge >= 0.3 is 5.97 Å². The molecule has 0 saturated carbocycles. The Morgan fingerprint density at radius 2 is 2.08 bits per heavy atom. The van der Waals surface area contributed by atoms with Gasteiger partial charge < -0.3 is 14.6 Å². The van der Waals surface area contributed by atoms with E-state index in [9.17, 15) is 9.90 Å². The molecule has 1 aromatic carbocycles. The molecular formula is C18H20N2O4. The Morgan fingerprint density at radius 1 is 1.29 bits per heavy atom. The van der Waals surface area contributed by atoms with Gasteiger partial charge in [0.25, 0.3) is 0 Å². The molecule has 0 bridgehead atoms. The van der Waals surface area contributed by atoms with Crippen LogP contribution < -0.4 is 9.47 Å². The number of fused-ring (bicyclic) bond motifs is 1. The highest BCUT2D eigenvalue weighted by Crippen LogP contribution is 2.31. The monoisotopic (exact) mass is 328 g/mol. The van der Waals surface area contributed by atoms with E-state index >= 15 is 0 Å². The highest BCUT2D eigenvalue weighted by atomic mass is 16.6. The van der Waals surface area contributed by atoms with E-state index in [4.69, 9.17) is 9.47 Å². The summed E-state index contributed by atoms with van der Waals surface area (Å²) in [5.74, 6) is 0.545. The topological polar surface area (TPSA) is 71.9 Å². The number of pyridine rings is 1. The third-order valence-corrected chi connectivity index (χ3v) is 3.97. The minimum Gasteiger partial charge on any atom is -0.486 e. The first-order valence-corrected chi connectivity index (χ1v) is 7.95. The molecule has 0 amide bonds. The summed E-state index contributed by atoms with van der Waals surface area (Å²) in [5, 5.41) is 9.28. The molecule has 2 aromatic rings. The van der Waals surface area contributed by atoms with Gasteiger partial charge in [-0.15, -0.1) is 0 Å². The summed E-state index contributed by atoms with van der Waals surface area (Å²) < 4.78 is 11.7. The zero-order valence-electron chi connectivity index (χ0n) is 13.5. The molecule has 0 unspecified atom stereocenters. The Bertz CT molecular complexity index is 720. The quantitative estimate of drug-likeness (QED) is 0.878. The molecule has 0 aliphatic carbocycles. The van der Waals surface area contributed by atoms with Crippen molar-refractivity contribution in [2.45, 2.75) is 19.6 Å². The predicted octanol–water partition coefficient (Wildman–Crippen LogP) is 2.44. The van der Waals surface area contributed by atoms with E-state index in [0.29, 0.717) is 25.4 Å². The molecule has 24 heavy (non-hydrogen) atoms. The van der Waals surface area contributed by atoms with E-state index in [2.05, 4.69) is 9.88 Å². The molecule has 2 heterocycles. The van der Waals surface area contributed by atoms with Gasteiger partial charge in [-0.1, -0.05) is 19.1 Å². The van der Waals surface area contributed by atoms with Crippen LogP contribution in [0.3, 0.4) is 0 Å². The Balaban J connectivity index is 1.67. The molecule has 1 atom stereocenters. The van der Waals surface area contributed by atoms with Crippen LogP contribution in [0.5, 0.6) is 11.5 Å². The maximum Gasteiger partial charge on any atom is 0.337 e. The largest absolute Gasteiger partial charge is 0.486 e. The molecule has 0 spiro atoms. The SMILES string of the molecule is CCN(Cc1ncccc1C(=O)O)C[C@H]1COc2ccccc2O1. The molecule has 1 aromatic heterocycles. The maximum absolute atomic E-state index is 11.3. The number of rotatable bonds is 6. The molecule has 6 heteroatoms. The fourth-order valence-electron chi connectivity index (χ4n) is 2.72. The van der Waals surface area contributed by atoms with Crippen LogP contribution in [0.2, 0.25) is 0 Å². The van der Waals surface area contributed by atoms with Gasteiger partial charge in [0, 0.05) is 19.3 Å². The van der Waals surface area contributed by atoms with Crippen molar-refractivity contribution in [3.8, 4) is 11.5 Å². The fourth-order valence-corrected chi connectivity index (χ4v) is 2.72. The third-order valence-electron chi connectivity index (χ3n) is 3.97. The van der Waals surface area contributed by atoms with Crippen molar-refractivity contribution < 1.29 is 19.4 Å². The number of aromatic carboxylic acids is 1. The van der Waals surface area contributed by atoms with Crippen LogP contribution in [0, 0.1) is 0 Å². The van der Waals surface area contributed by atoms with Gasteiger partial charge in [-0.2, -0.15) is 0 Å². The first-order valence-electron chi connectivity index (χ1n) is 7.95. The smallest absolute Gasteiger partial charge is 0.337 e. The zero-order chi connectivity index (χ0) is 16.9. The maximum atomic E-state index is 11.3. The van der Waals surface area contributed by atoms with E-state index in [1.54, 1.807) is 18.3 Å². The molecule has 1 N–H and O–H groups in total. The number of nitrogens with zero attached hydrogens (tertiary/aromatic N) is 2. The lowest BCUT2D eigenvalue weighted by Crippen LogP contribution is -2.41. The van der Waals surface area contributed by atoms with Crippen molar-refractivity contribution in [2.75, 3.05) is 19.7 Å². The second kappa shape index (κ2) is 7.31. The standard InChI is InChI=1S/C18H20N2O4/c1-2-20(11-15-14(18(21)22)6-5-9-19-15)10-13-12-23-16-7-3-4-8-17(16)24-13/h3-9,13H,2,10-12H2,1H3,(H,21,22)/t13-/m0/s1. The molecule has 1 aliphatic rings. The average molecular weight is 328 g/mol. The van der Waals surface area contributed by atoms with Crippen LogP contribution in [-0.2, 0) is 6.54 Å². The first-order chi connectivity index (χ1) is 11.7. The number of hydrogen-bond acceptors (Lipinski definition) is 5. The molecule has 126 valence electrons. The molecule has 1 aliphatic heterocycles. The van der Waals surface area contributed by atoms with Crippen molar-refractivity contribution in [1.82, 2.24) is 9.88 Å². The minimum atomic E-state index is -0.958. The highest BCUT2D eigenvalue weighted by Gasteiger charge is 2.23. The normalized spacial score (nSPS) is 16.2. The Morgan fingerprint density at radius 3 is 2.83 bits per heavy atom. The van der Waals surface area contributed by atoms with E-state index in [0.717, 1.165) is 18.0 Å². The van der Waals surface area contributed by atoms with Gasteiger partial charge in [-0.3, -0.25) is 9.88 Å². The zero-order valence-corrected chi connectivity index (χ0v) is 13.5. The van der Waals surface area contributed by atoms with Crippen LogP contribution >= 0.6 is 0 Å². The summed E-state index contributed by atoms with van der Waals surface area (Å²) in [7, 11) is 0. The number of para-hydroxylation sites is 2. The second-order valence-corrected chi connectivity index (χ2v) is 5.63. The lowest BCUT2D eigenvalue weighted by Gasteiger charge is -2.30. The number of likely N-dealkylation sites (N-methyl/N-ethyl adjacent to an activating group) is 1. The summed E-state index contributed by atoms with van der Waals surface area (Å²) in [6.45, 7) is 4.36. The lowest BCUT2D eigenvalue weighted by atomic mass is 10.1. The summed E-state index contributed by atoms with van der Waals surface area (Å²) in [4.78, 5) is 17.6. The average Bonchev–Trinajstić information content (AvgIpc) is 2.61. The lowest BCUT2D eigenvalue weighted by molar-refractivity contribution is 0.0572. The summed E-state index contributed by atoms with van der Waals surface area (Å²) in [6.07, 6.45) is 1.52. The van der Waals surface area contributed by atoms with Gasteiger partial charge in [0.1, 0.15) is 12.7 Å². The van der Waals surface area contributed by atoms with Crippen LogP contribution in [0.1, 0.15) is 23.0 Å². The van der Waals surface area contributed by atoms with Crippen molar-refractivity contribution in [1.29, 1.82) is 0 Å². The van der Waals surface area contributed by atoms with Crippen LogP contribution in [0.4, 0.5) is 0 Å². The molecule has 0 radical (unpaired) electrons. The van der Waals surface area contributed by atoms with E-state index in [-0.39, 0.29) is 11.7 Å². The van der Waals surface area contributed by atoms with Gasteiger partial charge in [0.05, 0.1) is 11.3 Å².